The van der Waals surface area contributed by atoms with E-state index in [1.807, 2.05) is 18.7 Å². The number of nitrogens with two attached hydrogens (primary N) is 2. The van der Waals surface area contributed by atoms with E-state index >= 15 is 0 Å². The van der Waals surface area contributed by atoms with E-state index in [4.69, 9.17) is 11.6 Å². The number of amides is 1. The second kappa shape index (κ2) is 9.30. The minimum atomic E-state index is -0.0757. The van der Waals surface area contributed by atoms with Crippen LogP contribution in [0.3, 0.4) is 0 Å². The number of rotatable bonds is 8. The first-order valence-corrected chi connectivity index (χ1v) is 6.15. The van der Waals surface area contributed by atoms with Gasteiger partial charge in [0.15, 0.2) is 0 Å². The summed E-state index contributed by atoms with van der Waals surface area (Å²) in [7, 11) is 0. The molecule has 14 heavy (non-hydrogen) atoms. The first kappa shape index (κ1) is 13.7. The minimum Gasteiger partial charge on any atom is -0.327 e. The monoisotopic (exact) mass is 219 g/mol. The summed E-state index contributed by atoms with van der Waals surface area (Å²) < 4.78 is 0. The van der Waals surface area contributed by atoms with Crippen LogP contribution in [0.15, 0.2) is 0 Å². The Bertz CT molecular complexity index is 153. The summed E-state index contributed by atoms with van der Waals surface area (Å²) in [5.74, 6) is 7.02. The molecule has 0 aliphatic rings. The largest absolute Gasteiger partial charge is 0.327 e. The highest BCUT2D eigenvalue weighted by Gasteiger charge is 1.98. The SMILES string of the molecule is CC(N)CSCCCCCC(=O)NN. The minimum absolute atomic E-state index is 0.0757. The van der Waals surface area contributed by atoms with E-state index in [2.05, 4.69) is 5.43 Å². The van der Waals surface area contributed by atoms with Gasteiger partial charge in [-0.25, -0.2) is 5.84 Å². The van der Waals surface area contributed by atoms with Crippen LogP contribution in [-0.4, -0.2) is 23.5 Å². The number of thioether (sulfide) groups is 1. The maximum Gasteiger partial charge on any atom is 0.233 e. The van der Waals surface area contributed by atoms with Crippen LogP contribution < -0.4 is 17.0 Å². The molecule has 0 radical (unpaired) electrons. The zero-order valence-corrected chi connectivity index (χ0v) is 9.61. The predicted octanol–water partition coefficient (Wildman–Crippen LogP) is 0.617. The lowest BCUT2D eigenvalue weighted by Gasteiger charge is -2.04. The average molecular weight is 219 g/mol. The van der Waals surface area contributed by atoms with Crippen LogP contribution in [0.1, 0.15) is 32.6 Å². The van der Waals surface area contributed by atoms with Gasteiger partial charge in [0, 0.05) is 18.2 Å². The molecule has 0 aromatic rings. The number of carbonyl (C=O) groups excluding carboxylic acids is 1. The fourth-order valence-corrected chi connectivity index (χ4v) is 1.95. The topological polar surface area (TPSA) is 81.1 Å². The molecule has 0 aromatic carbocycles. The summed E-state index contributed by atoms with van der Waals surface area (Å²) in [6.45, 7) is 2.01. The zero-order chi connectivity index (χ0) is 10.8. The highest BCUT2D eigenvalue weighted by molar-refractivity contribution is 7.99. The molecule has 4 nitrogen and oxygen atoms in total. The van der Waals surface area contributed by atoms with Gasteiger partial charge in [0.1, 0.15) is 0 Å². The second-order valence-electron chi connectivity index (χ2n) is 3.43. The third kappa shape index (κ3) is 9.83. The summed E-state index contributed by atoms with van der Waals surface area (Å²) in [5.41, 5.74) is 7.72. The first-order valence-electron chi connectivity index (χ1n) is 4.99. The quantitative estimate of drug-likeness (QED) is 0.242. The molecule has 5 N–H and O–H groups in total. The maximum atomic E-state index is 10.7. The molecule has 0 rings (SSSR count). The molecule has 0 spiro atoms. The van der Waals surface area contributed by atoms with E-state index in [1.54, 1.807) is 0 Å². The van der Waals surface area contributed by atoms with Crippen LogP contribution in [0.4, 0.5) is 0 Å². The second-order valence-corrected chi connectivity index (χ2v) is 4.58. The average Bonchev–Trinajstić information content (AvgIpc) is 2.15. The molecule has 1 amide bonds. The van der Waals surface area contributed by atoms with Gasteiger partial charge in [-0.05, 0) is 25.5 Å². The van der Waals surface area contributed by atoms with Gasteiger partial charge in [0.2, 0.25) is 5.91 Å². The Morgan fingerprint density at radius 2 is 2.14 bits per heavy atom. The van der Waals surface area contributed by atoms with Gasteiger partial charge in [0.25, 0.3) is 0 Å². The highest BCUT2D eigenvalue weighted by atomic mass is 32.2. The summed E-state index contributed by atoms with van der Waals surface area (Å²) in [4.78, 5) is 10.7. The Labute approximate surface area is 90.1 Å². The number of unbranched alkanes of at least 4 members (excludes halogenated alkanes) is 2. The standard InChI is InChI=1S/C9H21N3OS/c1-8(10)7-14-6-4-2-3-5-9(13)12-11/h8H,2-7,10-11H2,1H3,(H,12,13). The van der Waals surface area contributed by atoms with E-state index in [0.717, 1.165) is 30.8 Å². The Morgan fingerprint density at radius 3 is 2.71 bits per heavy atom. The summed E-state index contributed by atoms with van der Waals surface area (Å²) >= 11 is 1.88. The van der Waals surface area contributed by atoms with Crippen LogP contribution in [0.2, 0.25) is 0 Å². The van der Waals surface area contributed by atoms with Gasteiger partial charge in [-0.15, -0.1) is 0 Å². The summed E-state index contributed by atoms with van der Waals surface area (Å²) in [6.07, 6.45) is 3.69. The van der Waals surface area contributed by atoms with E-state index in [9.17, 15) is 4.79 Å². The van der Waals surface area contributed by atoms with Crippen LogP contribution >= 0.6 is 11.8 Å². The van der Waals surface area contributed by atoms with Crippen molar-refractivity contribution in [3.05, 3.63) is 0 Å². The lowest BCUT2D eigenvalue weighted by molar-refractivity contribution is -0.121. The van der Waals surface area contributed by atoms with Gasteiger partial charge in [-0.3, -0.25) is 10.2 Å². The van der Waals surface area contributed by atoms with E-state index in [1.165, 1.54) is 0 Å². The van der Waals surface area contributed by atoms with Crippen LogP contribution in [0, 0.1) is 0 Å². The maximum absolute atomic E-state index is 10.7. The highest BCUT2D eigenvalue weighted by Crippen LogP contribution is 2.08. The smallest absolute Gasteiger partial charge is 0.233 e. The molecule has 1 atom stereocenters. The van der Waals surface area contributed by atoms with Crippen LogP contribution in [0.25, 0.3) is 0 Å². The zero-order valence-electron chi connectivity index (χ0n) is 8.79. The molecule has 0 aromatic heterocycles. The van der Waals surface area contributed by atoms with Gasteiger partial charge in [0.05, 0.1) is 0 Å². The van der Waals surface area contributed by atoms with E-state index in [0.29, 0.717) is 6.42 Å². The molecule has 1 unspecified atom stereocenters. The molecule has 5 heteroatoms. The van der Waals surface area contributed by atoms with Crippen molar-refractivity contribution in [2.75, 3.05) is 11.5 Å². The van der Waals surface area contributed by atoms with Crippen molar-refractivity contribution < 1.29 is 4.79 Å². The molecule has 0 bridgehead atoms. The lowest BCUT2D eigenvalue weighted by Crippen LogP contribution is -2.29. The van der Waals surface area contributed by atoms with Crippen molar-refractivity contribution in [3.63, 3.8) is 0 Å². The Kier molecular flexibility index (Phi) is 9.13. The molecule has 0 saturated carbocycles. The van der Waals surface area contributed by atoms with Crippen molar-refractivity contribution in [1.29, 1.82) is 0 Å². The third-order valence-corrected chi connectivity index (χ3v) is 3.07. The first-order chi connectivity index (χ1) is 6.66. The number of hydrogen-bond donors (Lipinski definition) is 3. The number of hydrazine groups is 1. The van der Waals surface area contributed by atoms with Gasteiger partial charge in [-0.2, -0.15) is 11.8 Å². The molecule has 84 valence electrons. The molecular formula is C9H21N3OS. The fraction of sp³-hybridized carbons (Fsp3) is 0.889. The molecule has 0 fully saturated rings. The summed E-state index contributed by atoms with van der Waals surface area (Å²) in [6, 6.07) is 0.281. The van der Waals surface area contributed by atoms with E-state index in [-0.39, 0.29) is 11.9 Å². The van der Waals surface area contributed by atoms with E-state index < -0.39 is 0 Å². The Hall–Kier alpha value is -0.260. The summed E-state index contributed by atoms with van der Waals surface area (Å²) in [5, 5.41) is 0. The van der Waals surface area contributed by atoms with Crippen molar-refractivity contribution in [2.24, 2.45) is 11.6 Å². The molecule has 0 heterocycles. The number of carbonyl (C=O) groups is 1. The van der Waals surface area contributed by atoms with Crippen molar-refractivity contribution in [1.82, 2.24) is 5.43 Å². The molecule has 0 saturated heterocycles. The lowest BCUT2D eigenvalue weighted by atomic mass is 10.2. The number of hydrogen-bond acceptors (Lipinski definition) is 4. The Balaban J connectivity index is 3.03. The molecule has 0 aliphatic heterocycles. The number of nitrogens with one attached hydrogen (secondary N) is 1. The fourth-order valence-electron chi connectivity index (χ4n) is 1.01. The normalized spacial score (nSPS) is 12.5. The van der Waals surface area contributed by atoms with Crippen molar-refractivity contribution >= 4 is 17.7 Å². The van der Waals surface area contributed by atoms with Gasteiger partial charge >= 0.3 is 0 Å². The van der Waals surface area contributed by atoms with Crippen molar-refractivity contribution in [2.45, 2.75) is 38.6 Å². The van der Waals surface area contributed by atoms with Gasteiger partial charge < -0.3 is 5.73 Å². The van der Waals surface area contributed by atoms with Crippen molar-refractivity contribution in [3.8, 4) is 0 Å². The van der Waals surface area contributed by atoms with Crippen LogP contribution in [-0.2, 0) is 4.79 Å². The van der Waals surface area contributed by atoms with Gasteiger partial charge in [-0.1, -0.05) is 6.42 Å². The third-order valence-electron chi connectivity index (χ3n) is 1.73. The van der Waals surface area contributed by atoms with Crippen LogP contribution in [0.5, 0.6) is 0 Å². The predicted molar refractivity (Wildman–Crippen MR) is 61.8 cm³/mol. The molecule has 0 aliphatic carbocycles. The molecular weight excluding hydrogens is 198 g/mol. The Morgan fingerprint density at radius 1 is 1.43 bits per heavy atom.